The lowest BCUT2D eigenvalue weighted by molar-refractivity contribution is 0.458. The molecule has 0 aliphatic carbocycles. The van der Waals surface area contributed by atoms with E-state index in [0.717, 1.165) is 18.7 Å². The maximum absolute atomic E-state index is 11.1. The maximum Gasteiger partial charge on any atom is 0.238 e. The van der Waals surface area contributed by atoms with Gasteiger partial charge in [-0.25, -0.2) is 13.6 Å². The van der Waals surface area contributed by atoms with E-state index in [1.807, 2.05) is 18.7 Å². The SMILES string of the molecule is CCN(CC)C(N)=NCCc1ccc(S(N)(=O)=O)cc1.I. The van der Waals surface area contributed by atoms with E-state index in [-0.39, 0.29) is 28.9 Å². The van der Waals surface area contributed by atoms with Crippen molar-refractivity contribution in [1.82, 2.24) is 4.90 Å². The van der Waals surface area contributed by atoms with E-state index < -0.39 is 10.0 Å². The summed E-state index contributed by atoms with van der Waals surface area (Å²) in [6.45, 7) is 6.27. The van der Waals surface area contributed by atoms with Gasteiger partial charge in [-0.15, -0.1) is 24.0 Å². The monoisotopic (exact) mass is 426 g/mol. The number of benzene rings is 1. The predicted octanol–water partition coefficient (Wildman–Crippen LogP) is 1.15. The minimum Gasteiger partial charge on any atom is -0.370 e. The number of hydrogen-bond donors (Lipinski definition) is 2. The van der Waals surface area contributed by atoms with Gasteiger partial charge in [-0.2, -0.15) is 0 Å². The molecular formula is C13H23IN4O2S. The number of aliphatic imine (C=N–C) groups is 1. The Kier molecular flexibility index (Phi) is 8.83. The van der Waals surface area contributed by atoms with Crippen LogP contribution in [0.4, 0.5) is 0 Å². The predicted molar refractivity (Wildman–Crippen MR) is 96.3 cm³/mol. The van der Waals surface area contributed by atoms with Crippen molar-refractivity contribution in [2.75, 3.05) is 19.6 Å². The number of primary sulfonamides is 1. The molecule has 21 heavy (non-hydrogen) atoms. The van der Waals surface area contributed by atoms with Gasteiger partial charge in [0.2, 0.25) is 10.0 Å². The summed E-state index contributed by atoms with van der Waals surface area (Å²) in [5, 5.41) is 5.04. The van der Waals surface area contributed by atoms with Crippen molar-refractivity contribution in [2.24, 2.45) is 15.9 Å². The number of hydrogen-bond acceptors (Lipinski definition) is 3. The molecule has 0 spiro atoms. The van der Waals surface area contributed by atoms with Gasteiger partial charge in [-0.1, -0.05) is 12.1 Å². The maximum atomic E-state index is 11.1. The van der Waals surface area contributed by atoms with E-state index >= 15 is 0 Å². The van der Waals surface area contributed by atoms with Gasteiger partial charge in [0, 0.05) is 19.6 Å². The first-order valence-electron chi connectivity index (χ1n) is 6.55. The molecule has 1 aromatic rings. The van der Waals surface area contributed by atoms with Gasteiger partial charge < -0.3 is 10.6 Å². The van der Waals surface area contributed by atoms with Crippen LogP contribution in [0.3, 0.4) is 0 Å². The molecule has 0 heterocycles. The summed E-state index contributed by atoms with van der Waals surface area (Å²) in [6, 6.07) is 6.48. The first-order valence-corrected chi connectivity index (χ1v) is 8.09. The second kappa shape index (κ2) is 9.21. The lowest BCUT2D eigenvalue weighted by Crippen LogP contribution is -2.37. The van der Waals surface area contributed by atoms with Crippen molar-refractivity contribution in [3.8, 4) is 0 Å². The summed E-state index contributed by atoms with van der Waals surface area (Å²) in [5.41, 5.74) is 6.86. The van der Waals surface area contributed by atoms with E-state index in [9.17, 15) is 8.42 Å². The Hall–Kier alpha value is -0.870. The first-order chi connectivity index (χ1) is 9.38. The topological polar surface area (TPSA) is 102 Å². The Bertz CT molecular complexity index is 554. The molecular weight excluding hydrogens is 403 g/mol. The van der Waals surface area contributed by atoms with Crippen LogP contribution in [0.5, 0.6) is 0 Å². The Morgan fingerprint density at radius 3 is 2.14 bits per heavy atom. The standard InChI is InChI=1S/C13H22N4O2S.HI/c1-3-17(4-2)13(14)16-10-9-11-5-7-12(8-6-11)20(15,18)19;/h5-8H,3-4,9-10H2,1-2H3,(H2,14,16)(H2,15,18,19);1H. The van der Waals surface area contributed by atoms with Crippen LogP contribution in [-0.4, -0.2) is 38.9 Å². The number of sulfonamides is 1. The second-order valence-corrected chi connectivity index (χ2v) is 5.91. The smallest absolute Gasteiger partial charge is 0.238 e. The molecule has 6 nitrogen and oxygen atoms in total. The molecule has 0 aromatic heterocycles. The molecule has 0 amide bonds. The van der Waals surface area contributed by atoms with Crippen molar-refractivity contribution in [2.45, 2.75) is 25.2 Å². The minimum atomic E-state index is -3.63. The fourth-order valence-corrected chi connectivity index (χ4v) is 2.31. The van der Waals surface area contributed by atoms with Crippen LogP contribution < -0.4 is 10.9 Å². The number of rotatable bonds is 6. The molecule has 0 saturated carbocycles. The zero-order chi connectivity index (χ0) is 15.2. The van der Waals surface area contributed by atoms with E-state index in [0.29, 0.717) is 18.9 Å². The van der Waals surface area contributed by atoms with Crippen LogP contribution in [0.25, 0.3) is 0 Å². The van der Waals surface area contributed by atoms with Crippen molar-refractivity contribution in [3.63, 3.8) is 0 Å². The van der Waals surface area contributed by atoms with Gasteiger partial charge in [0.25, 0.3) is 0 Å². The molecule has 0 atom stereocenters. The number of nitrogens with two attached hydrogens (primary N) is 2. The molecule has 1 aromatic carbocycles. The van der Waals surface area contributed by atoms with Gasteiger partial charge in [-0.3, -0.25) is 4.99 Å². The van der Waals surface area contributed by atoms with E-state index in [1.54, 1.807) is 12.1 Å². The highest BCUT2D eigenvalue weighted by molar-refractivity contribution is 14.0. The largest absolute Gasteiger partial charge is 0.370 e. The van der Waals surface area contributed by atoms with Crippen molar-refractivity contribution < 1.29 is 8.42 Å². The number of guanidine groups is 1. The zero-order valence-electron chi connectivity index (χ0n) is 12.3. The van der Waals surface area contributed by atoms with Gasteiger partial charge in [-0.05, 0) is 38.0 Å². The molecule has 8 heteroatoms. The summed E-state index contributed by atoms with van der Waals surface area (Å²) in [5.74, 6) is 0.538. The Morgan fingerprint density at radius 2 is 1.71 bits per heavy atom. The Morgan fingerprint density at radius 1 is 1.19 bits per heavy atom. The molecule has 120 valence electrons. The van der Waals surface area contributed by atoms with Gasteiger partial charge in [0.15, 0.2) is 5.96 Å². The number of halogens is 1. The fourth-order valence-electron chi connectivity index (χ4n) is 1.79. The highest BCUT2D eigenvalue weighted by Crippen LogP contribution is 2.09. The van der Waals surface area contributed by atoms with Crippen molar-refractivity contribution >= 4 is 40.0 Å². The van der Waals surface area contributed by atoms with Crippen LogP contribution in [0.1, 0.15) is 19.4 Å². The first kappa shape index (κ1) is 20.1. The summed E-state index contributed by atoms with van der Waals surface area (Å²) >= 11 is 0. The van der Waals surface area contributed by atoms with Crippen LogP contribution in [0.15, 0.2) is 34.2 Å². The lowest BCUT2D eigenvalue weighted by Gasteiger charge is -2.19. The van der Waals surface area contributed by atoms with Crippen LogP contribution in [0.2, 0.25) is 0 Å². The molecule has 0 aliphatic rings. The molecule has 0 unspecified atom stereocenters. The molecule has 1 rings (SSSR count). The summed E-state index contributed by atoms with van der Waals surface area (Å²) < 4.78 is 22.2. The zero-order valence-corrected chi connectivity index (χ0v) is 15.5. The highest BCUT2D eigenvalue weighted by Gasteiger charge is 2.06. The molecule has 0 saturated heterocycles. The van der Waals surface area contributed by atoms with Crippen LogP contribution in [-0.2, 0) is 16.4 Å². The van der Waals surface area contributed by atoms with Gasteiger partial charge in [0.05, 0.1) is 4.90 Å². The average Bonchev–Trinajstić information content (AvgIpc) is 2.39. The Labute approximate surface area is 143 Å². The third-order valence-corrected chi connectivity index (χ3v) is 3.94. The number of nitrogens with zero attached hydrogens (tertiary/aromatic N) is 2. The average molecular weight is 426 g/mol. The third-order valence-electron chi connectivity index (χ3n) is 3.01. The quantitative estimate of drug-likeness (QED) is 0.405. The molecule has 4 N–H and O–H groups in total. The van der Waals surface area contributed by atoms with Crippen molar-refractivity contribution in [1.29, 1.82) is 0 Å². The van der Waals surface area contributed by atoms with Gasteiger partial charge >= 0.3 is 0 Å². The van der Waals surface area contributed by atoms with E-state index in [4.69, 9.17) is 10.9 Å². The molecule has 0 aliphatic heterocycles. The lowest BCUT2D eigenvalue weighted by atomic mass is 10.1. The summed E-state index contributed by atoms with van der Waals surface area (Å²) in [6.07, 6.45) is 0.701. The second-order valence-electron chi connectivity index (χ2n) is 4.35. The van der Waals surface area contributed by atoms with Gasteiger partial charge in [0.1, 0.15) is 0 Å². The summed E-state index contributed by atoms with van der Waals surface area (Å²) in [7, 11) is -3.63. The van der Waals surface area contributed by atoms with Crippen LogP contribution >= 0.6 is 24.0 Å². The third kappa shape index (κ3) is 6.62. The molecule has 0 bridgehead atoms. The van der Waals surface area contributed by atoms with E-state index in [2.05, 4.69) is 4.99 Å². The van der Waals surface area contributed by atoms with Crippen molar-refractivity contribution in [3.05, 3.63) is 29.8 Å². The molecule has 0 radical (unpaired) electrons. The molecule has 0 fully saturated rings. The fraction of sp³-hybridized carbons (Fsp3) is 0.462. The Balaban J connectivity index is 0.00000400. The minimum absolute atomic E-state index is 0. The van der Waals surface area contributed by atoms with Crippen LogP contribution in [0, 0.1) is 0 Å². The summed E-state index contributed by atoms with van der Waals surface area (Å²) in [4.78, 5) is 6.40. The normalized spacial score (nSPS) is 11.9. The van der Waals surface area contributed by atoms with E-state index in [1.165, 1.54) is 12.1 Å². The highest BCUT2D eigenvalue weighted by atomic mass is 127.